The highest BCUT2D eigenvalue weighted by Gasteiger charge is 2.33. The minimum absolute atomic E-state index is 0.0928. The quantitative estimate of drug-likeness (QED) is 0.268. The second-order valence-electron chi connectivity index (χ2n) is 13.0. The fourth-order valence-electron chi connectivity index (χ4n) is 5.65. The van der Waals surface area contributed by atoms with Crippen LogP contribution >= 0.6 is 0 Å². The summed E-state index contributed by atoms with van der Waals surface area (Å²) in [6.07, 6.45) is 4.88. The molecule has 0 aliphatic carbocycles. The highest BCUT2D eigenvalue weighted by Crippen LogP contribution is 2.28. The summed E-state index contributed by atoms with van der Waals surface area (Å²) < 4.78 is 38.2. The van der Waals surface area contributed by atoms with Crippen molar-refractivity contribution in [3.63, 3.8) is 0 Å². The SMILES string of the molecule is CC(=O)CC[C@H]1CN(c2ccc(N3C=NN(C)CC3)cc2)C(=O)O1.CC(=O)CC[C@H]1CN(c2ccc(N3C=NN(C=O)CC3)cc2)C(=O)O1.COS(=O)(=O)OC. The van der Waals surface area contributed by atoms with Gasteiger partial charge in [0.05, 0.1) is 40.4 Å². The molecule has 20 heteroatoms. The Morgan fingerprint density at radius 3 is 1.45 bits per heavy atom. The lowest BCUT2D eigenvalue weighted by Gasteiger charge is -2.27. The van der Waals surface area contributed by atoms with Crippen LogP contribution in [0.25, 0.3) is 0 Å². The third kappa shape index (κ3) is 12.7. The largest absolute Gasteiger partial charge is 0.444 e. The number of likely N-dealkylation sites (N-methyl/N-ethyl adjacent to an activating group) is 1. The number of hydrazone groups is 2. The van der Waals surface area contributed by atoms with E-state index in [0.29, 0.717) is 58.3 Å². The molecular weight excluding hydrogens is 753 g/mol. The molecule has 2 fully saturated rings. The molecule has 19 nitrogen and oxygen atoms in total. The van der Waals surface area contributed by atoms with E-state index in [1.807, 2.05) is 65.5 Å². The van der Waals surface area contributed by atoms with Gasteiger partial charge in [0, 0.05) is 55.7 Å². The third-order valence-corrected chi connectivity index (χ3v) is 9.68. The first-order valence-corrected chi connectivity index (χ1v) is 19.1. The predicted molar refractivity (Wildman–Crippen MR) is 208 cm³/mol. The molecule has 4 heterocycles. The summed E-state index contributed by atoms with van der Waals surface area (Å²) >= 11 is 0. The van der Waals surface area contributed by atoms with Crippen LogP contribution in [0.5, 0.6) is 0 Å². The Bertz CT molecular complexity index is 1830. The van der Waals surface area contributed by atoms with Gasteiger partial charge in [-0.1, -0.05) is 0 Å². The fourth-order valence-corrected chi connectivity index (χ4v) is 5.79. The van der Waals surface area contributed by atoms with Gasteiger partial charge in [0.2, 0.25) is 6.41 Å². The van der Waals surface area contributed by atoms with Crippen molar-refractivity contribution in [2.45, 2.75) is 51.7 Å². The number of anilines is 4. The first-order valence-electron chi connectivity index (χ1n) is 17.8. The number of ketones is 2. The first-order chi connectivity index (χ1) is 26.7. The summed E-state index contributed by atoms with van der Waals surface area (Å²) in [7, 11) is 0.339. The van der Waals surface area contributed by atoms with Crippen LogP contribution < -0.4 is 19.6 Å². The van der Waals surface area contributed by atoms with Crippen LogP contribution in [0.4, 0.5) is 32.3 Å². The highest BCUT2D eigenvalue weighted by atomic mass is 32.3. The third-order valence-electron chi connectivity index (χ3n) is 8.86. The van der Waals surface area contributed by atoms with Gasteiger partial charge in [-0.25, -0.2) is 14.6 Å². The smallest absolute Gasteiger partial charge is 0.414 e. The second kappa shape index (κ2) is 20.4. The van der Waals surface area contributed by atoms with Gasteiger partial charge in [-0.15, -0.1) is 0 Å². The summed E-state index contributed by atoms with van der Waals surface area (Å²) in [4.78, 5) is 64.1. The van der Waals surface area contributed by atoms with Gasteiger partial charge in [-0.2, -0.15) is 18.6 Å². The van der Waals surface area contributed by atoms with E-state index in [1.54, 1.807) is 29.4 Å². The summed E-state index contributed by atoms with van der Waals surface area (Å²) in [6, 6.07) is 15.3. The lowest BCUT2D eigenvalue weighted by atomic mass is 10.1. The van der Waals surface area contributed by atoms with E-state index in [-0.39, 0.29) is 36.0 Å². The number of carbonyl (C=O) groups is 5. The summed E-state index contributed by atoms with van der Waals surface area (Å²) in [5, 5.41) is 11.5. The predicted octanol–water partition coefficient (Wildman–Crippen LogP) is 3.20. The van der Waals surface area contributed by atoms with Crippen LogP contribution in [0, 0.1) is 0 Å². The van der Waals surface area contributed by atoms with Gasteiger partial charge in [-0.3, -0.25) is 28.0 Å². The number of amides is 3. The van der Waals surface area contributed by atoms with Gasteiger partial charge < -0.3 is 28.9 Å². The van der Waals surface area contributed by atoms with Crippen molar-refractivity contribution in [2.75, 3.05) is 80.1 Å². The van der Waals surface area contributed by atoms with E-state index < -0.39 is 10.4 Å². The number of cyclic esters (lactones) is 2. The minimum atomic E-state index is -3.66. The van der Waals surface area contributed by atoms with E-state index in [1.165, 1.54) is 11.9 Å². The normalized spacial score (nSPS) is 19.2. The monoisotopic (exact) mass is 800 g/mol. The Morgan fingerprint density at radius 2 is 1.12 bits per heavy atom. The molecule has 2 aromatic carbocycles. The topological polar surface area (TPSA) is 201 Å². The molecule has 6 rings (SSSR count). The van der Waals surface area contributed by atoms with E-state index >= 15 is 0 Å². The van der Waals surface area contributed by atoms with E-state index in [4.69, 9.17) is 9.47 Å². The van der Waals surface area contributed by atoms with Gasteiger partial charge >= 0.3 is 22.6 Å². The average Bonchev–Trinajstić information content (AvgIpc) is 3.78. The number of Topliss-reactive ketones (excluding diaryl/α,β-unsaturated/α-hetero) is 2. The molecule has 0 bridgehead atoms. The molecule has 0 spiro atoms. The standard InChI is InChI=1S/C17H20N4O4.C17H22N4O3.C2H6O4S/c1-13(23)2-7-16-10-21(17(24)25-16)15-5-3-14(4-6-15)19-8-9-20(12-22)18-11-19;1-13(22)3-8-16-11-21(17(23)24-16)15-6-4-14(5-7-15)20-10-9-19(2)18-12-20;1-5-7(3,4)6-2/h3-6,11-12,16H,2,7-10H2,1H3;4-7,12,16H,3,8-11H2,1-2H3;1-2H3/t2*16-;/m00./s1. The molecule has 0 radical (unpaired) electrons. The van der Waals surface area contributed by atoms with Crippen LogP contribution in [-0.4, -0.2) is 134 Å². The van der Waals surface area contributed by atoms with Crippen molar-refractivity contribution >= 4 is 76.0 Å². The Labute approximate surface area is 326 Å². The van der Waals surface area contributed by atoms with E-state index in [0.717, 1.165) is 50.1 Å². The molecule has 3 amide bonds. The Balaban J connectivity index is 0.000000213. The molecule has 2 aromatic rings. The minimum Gasteiger partial charge on any atom is -0.444 e. The zero-order chi connectivity index (χ0) is 40.8. The zero-order valence-electron chi connectivity index (χ0n) is 32.1. The van der Waals surface area contributed by atoms with Gasteiger partial charge in [0.1, 0.15) is 36.5 Å². The summed E-state index contributed by atoms with van der Waals surface area (Å²) in [5.41, 5.74) is 3.53. The Hall–Kier alpha value is -5.60. The molecule has 2 saturated heterocycles. The maximum absolute atomic E-state index is 12.0. The number of hydrogen-bond acceptors (Lipinski definition) is 16. The molecule has 56 heavy (non-hydrogen) atoms. The van der Waals surface area contributed by atoms with Crippen LogP contribution in [0.1, 0.15) is 39.5 Å². The molecule has 0 N–H and O–H groups in total. The average molecular weight is 801 g/mol. The lowest BCUT2D eigenvalue weighted by molar-refractivity contribution is -0.118. The number of nitrogens with zero attached hydrogens (tertiary/aromatic N) is 8. The second-order valence-corrected chi connectivity index (χ2v) is 14.5. The number of carbonyl (C=O) groups excluding carboxylic acids is 5. The van der Waals surface area contributed by atoms with E-state index in [2.05, 4.69) is 23.5 Å². The maximum Gasteiger partial charge on any atom is 0.414 e. The molecule has 2 atom stereocenters. The van der Waals surface area contributed by atoms with Crippen molar-refractivity contribution in [1.82, 2.24) is 10.0 Å². The van der Waals surface area contributed by atoms with Crippen LogP contribution in [0.2, 0.25) is 0 Å². The van der Waals surface area contributed by atoms with Gasteiger partial charge in [-0.05, 0) is 75.2 Å². The van der Waals surface area contributed by atoms with E-state index in [9.17, 15) is 32.4 Å². The number of rotatable bonds is 13. The van der Waals surface area contributed by atoms with Gasteiger partial charge in [0.25, 0.3) is 0 Å². The van der Waals surface area contributed by atoms with Crippen molar-refractivity contribution in [1.29, 1.82) is 0 Å². The molecular formula is C36H48N8O11S. The first kappa shape index (κ1) is 43.1. The van der Waals surface area contributed by atoms with Crippen LogP contribution in [0.3, 0.4) is 0 Å². The summed E-state index contributed by atoms with van der Waals surface area (Å²) in [6.45, 7) is 6.94. The molecule has 0 saturated carbocycles. The van der Waals surface area contributed by atoms with Gasteiger partial charge in [0.15, 0.2) is 0 Å². The zero-order valence-corrected chi connectivity index (χ0v) is 32.9. The van der Waals surface area contributed by atoms with Crippen molar-refractivity contribution < 1.29 is 50.2 Å². The molecule has 4 aliphatic rings. The molecule has 304 valence electrons. The summed E-state index contributed by atoms with van der Waals surface area (Å²) in [5.74, 6) is 0.206. The van der Waals surface area contributed by atoms with Crippen LogP contribution in [0.15, 0.2) is 58.7 Å². The molecule has 4 aliphatic heterocycles. The maximum atomic E-state index is 12.0. The molecule has 0 aromatic heterocycles. The highest BCUT2D eigenvalue weighted by molar-refractivity contribution is 7.81. The number of benzene rings is 2. The number of ether oxygens (including phenoxy) is 2. The Morgan fingerprint density at radius 1 is 0.714 bits per heavy atom. The van der Waals surface area contributed by atoms with Crippen LogP contribution in [-0.2, 0) is 42.6 Å². The molecule has 0 unspecified atom stereocenters. The van der Waals surface area contributed by atoms with Crippen molar-refractivity contribution in [3.8, 4) is 0 Å². The van der Waals surface area contributed by atoms with Crippen molar-refractivity contribution in [2.24, 2.45) is 10.2 Å². The lowest BCUT2D eigenvalue weighted by Crippen LogP contribution is -2.37. The number of hydrogen-bond donors (Lipinski definition) is 0. The van der Waals surface area contributed by atoms with Crippen molar-refractivity contribution in [3.05, 3.63) is 48.5 Å². The Kier molecular flexibility index (Phi) is 15.7. The fraction of sp³-hybridized carbons (Fsp3) is 0.472.